The highest BCUT2D eigenvalue weighted by Crippen LogP contribution is 2.10. The van der Waals surface area contributed by atoms with E-state index in [9.17, 15) is 9.18 Å². The molecule has 1 rings (SSSR count). The number of benzene rings is 1. The van der Waals surface area contributed by atoms with Crippen molar-refractivity contribution in [2.24, 2.45) is 0 Å². The van der Waals surface area contributed by atoms with Crippen LogP contribution < -0.4 is 15.4 Å². The van der Waals surface area contributed by atoms with Crippen molar-refractivity contribution in [3.8, 4) is 5.75 Å². The van der Waals surface area contributed by atoms with Crippen molar-refractivity contribution < 1.29 is 13.9 Å². The SMILES string of the molecule is CCNCCNC(=O)COc1ccc(F)cc1.Cl. The van der Waals surface area contributed by atoms with E-state index in [4.69, 9.17) is 4.74 Å². The average molecular weight is 277 g/mol. The Bertz CT molecular complexity index is 346. The van der Waals surface area contributed by atoms with Gasteiger partial charge in [0.05, 0.1) is 0 Å². The van der Waals surface area contributed by atoms with Crippen LogP contribution in [0.3, 0.4) is 0 Å². The molecule has 0 spiro atoms. The normalized spacial score (nSPS) is 9.44. The zero-order valence-electron chi connectivity index (χ0n) is 10.2. The molecule has 4 nitrogen and oxygen atoms in total. The van der Waals surface area contributed by atoms with Crippen molar-refractivity contribution in [1.82, 2.24) is 10.6 Å². The molecule has 0 aliphatic heterocycles. The Kier molecular flexibility index (Phi) is 8.96. The third-order valence-corrected chi connectivity index (χ3v) is 2.06. The molecule has 0 atom stereocenters. The number of amides is 1. The highest BCUT2D eigenvalue weighted by molar-refractivity contribution is 5.85. The number of hydrogen-bond acceptors (Lipinski definition) is 3. The van der Waals surface area contributed by atoms with Crippen LogP contribution in [-0.2, 0) is 4.79 Å². The third-order valence-electron chi connectivity index (χ3n) is 2.06. The third kappa shape index (κ3) is 7.09. The predicted octanol–water partition coefficient (Wildman–Crippen LogP) is 1.35. The Morgan fingerprint density at radius 3 is 2.56 bits per heavy atom. The van der Waals surface area contributed by atoms with E-state index in [-0.39, 0.29) is 30.7 Å². The van der Waals surface area contributed by atoms with Crippen LogP contribution in [0.5, 0.6) is 5.75 Å². The van der Waals surface area contributed by atoms with Crippen molar-refractivity contribution in [1.29, 1.82) is 0 Å². The van der Waals surface area contributed by atoms with E-state index in [1.807, 2.05) is 6.92 Å². The second-order valence-corrected chi connectivity index (χ2v) is 3.45. The number of likely N-dealkylation sites (N-methyl/N-ethyl adjacent to an activating group) is 1. The molecule has 1 aromatic carbocycles. The highest BCUT2D eigenvalue weighted by atomic mass is 35.5. The van der Waals surface area contributed by atoms with Gasteiger partial charge in [-0.2, -0.15) is 0 Å². The maximum atomic E-state index is 12.6. The molecule has 0 aliphatic rings. The van der Waals surface area contributed by atoms with Gasteiger partial charge >= 0.3 is 0 Å². The number of carbonyl (C=O) groups excluding carboxylic acids is 1. The quantitative estimate of drug-likeness (QED) is 0.739. The molecule has 1 aromatic rings. The van der Waals surface area contributed by atoms with E-state index in [0.29, 0.717) is 12.3 Å². The summed E-state index contributed by atoms with van der Waals surface area (Å²) < 4.78 is 17.8. The van der Waals surface area contributed by atoms with Gasteiger partial charge in [0.1, 0.15) is 11.6 Å². The molecule has 0 heterocycles. The van der Waals surface area contributed by atoms with Crippen LogP contribution in [0, 0.1) is 5.82 Å². The van der Waals surface area contributed by atoms with Gasteiger partial charge < -0.3 is 15.4 Å². The number of hydrogen-bond donors (Lipinski definition) is 2. The second-order valence-electron chi connectivity index (χ2n) is 3.45. The lowest BCUT2D eigenvalue weighted by atomic mass is 10.3. The molecule has 0 fully saturated rings. The summed E-state index contributed by atoms with van der Waals surface area (Å²) >= 11 is 0. The molecule has 1 amide bonds. The number of nitrogens with one attached hydrogen (secondary N) is 2. The standard InChI is InChI=1S/C12H17FN2O2.ClH/c1-2-14-7-8-15-12(16)9-17-11-5-3-10(13)4-6-11;/h3-6,14H,2,7-9H2,1H3,(H,15,16);1H. The number of rotatable bonds is 7. The van der Waals surface area contributed by atoms with Crippen molar-refractivity contribution >= 4 is 18.3 Å². The van der Waals surface area contributed by atoms with E-state index >= 15 is 0 Å². The van der Waals surface area contributed by atoms with Crippen LogP contribution in [0.25, 0.3) is 0 Å². The Labute approximate surface area is 112 Å². The predicted molar refractivity (Wildman–Crippen MR) is 70.7 cm³/mol. The molecule has 0 bridgehead atoms. The molecule has 0 aliphatic carbocycles. The van der Waals surface area contributed by atoms with E-state index < -0.39 is 0 Å². The molecular formula is C12H18ClFN2O2. The first-order chi connectivity index (χ1) is 8.22. The maximum Gasteiger partial charge on any atom is 0.257 e. The lowest BCUT2D eigenvalue weighted by molar-refractivity contribution is -0.123. The fourth-order valence-corrected chi connectivity index (χ4v) is 1.20. The van der Waals surface area contributed by atoms with Gasteiger partial charge in [-0.15, -0.1) is 12.4 Å². The fraction of sp³-hybridized carbons (Fsp3) is 0.417. The smallest absolute Gasteiger partial charge is 0.257 e. The Hall–Kier alpha value is -1.33. The van der Waals surface area contributed by atoms with Gasteiger partial charge in [0.15, 0.2) is 6.61 Å². The summed E-state index contributed by atoms with van der Waals surface area (Å²) in [5, 5.41) is 5.79. The molecule has 18 heavy (non-hydrogen) atoms. The summed E-state index contributed by atoms with van der Waals surface area (Å²) in [7, 11) is 0. The zero-order valence-corrected chi connectivity index (χ0v) is 11.1. The first kappa shape index (κ1) is 16.7. The largest absolute Gasteiger partial charge is 0.484 e. The van der Waals surface area contributed by atoms with Gasteiger partial charge in [-0.1, -0.05) is 6.92 Å². The number of carbonyl (C=O) groups is 1. The van der Waals surface area contributed by atoms with Crippen molar-refractivity contribution in [3.63, 3.8) is 0 Å². The van der Waals surface area contributed by atoms with Crippen LogP contribution in [0.15, 0.2) is 24.3 Å². The molecule has 0 radical (unpaired) electrons. The minimum absolute atomic E-state index is 0. The molecule has 0 unspecified atom stereocenters. The van der Waals surface area contributed by atoms with Crippen LogP contribution in [0.1, 0.15) is 6.92 Å². The Morgan fingerprint density at radius 1 is 1.28 bits per heavy atom. The van der Waals surface area contributed by atoms with Crippen LogP contribution >= 0.6 is 12.4 Å². The molecule has 6 heteroatoms. The minimum Gasteiger partial charge on any atom is -0.484 e. The van der Waals surface area contributed by atoms with Gasteiger partial charge in [0.25, 0.3) is 5.91 Å². The molecular weight excluding hydrogens is 259 g/mol. The van der Waals surface area contributed by atoms with Crippen molar-refractivity contribution in [2.75, 3.05) is 26.2 Å². The zero-order chi connectivity index (χ0) is 12.5. The topological polar surface area (TPSA) is 50.4 Å². The summed E-state index contributed by atoms with van der Waals surface area (Å²) in [5.74, 6) is -0.0343. The van der Waals surface area contributed by atoms with Crippen molar-refractivity contribution in [2.45, 2.75) is 6.92 Å². The summed E-state index contributed by atoms with van der Waals surface area (Å²) in [4.78, 5) is 11.3. The maximum absolute atomic E-state index is 12.6. The van der Waals surface area contributed by atoms with Crippen LogP contribution in [0.2, 0.25) is 0 Å². The number of halogens is 2. The first-order valence-corrected chi connectivity index (χ1v) is 5.58. The number of ether oxygens (including phenoxy) is 1. The van der Waals surface area contributed by atoms with E-state index in [2.05, 4.69) is 10.6 Å². The summed E-state index contributed by atoms with van der Waals surface area (Å²) in [5.41, 5.74) is 0. The Balaban J connectivity index is 0.00000289. The van der Waals surface area contributed by atoms with Gasteiger partial charge in [-0.05, 0) is 30.8 Å². The van der Waals surface area contributed by atoms with Gasteiger partial charge in [0, 0.05) is 13.1 Å². The lowest BCUT2D eigenvalue weighted by Crippen LogP contribution is -2.34. The lowest BCUT2D eigenvalue weighted by Gasteiger charge is -2.07. The summed E-state index contributed by atoms with van der Waals surface area (Å²) in [6.07, 6.45) is 0. The molecule has 102 valence electrons. The van der Waals surface area contributed by atoms with Crippen LogP contribution in [0.4, 0.5) is 4.39 Å². The molecule has 2 N–H and O–H groups in total. The molecule has 0 saturated carbocycles. The first-order valence-electron chi connectivity index (χ1n) is 5.58. The summed E-state index contributed by atoms with van der Waals surface area (Å²) in [6, 6.07) is 5.55. The highest BCUT2D eigenvalue weighted by Gasteiger charge is 2.01. The minimum atomic E-state index is -0.326. The molecule has 0 saturated heterocycles. The fourth-order valence-electron chi connectivity index (χ4n) is 1.20. The van der Waals surface area contributed by atoms with Gasteiger partial charge in [-0.25, -0.2) is 4.39 Å². The monoisotopic (exact) mass is 276 g/mol. The van der Waals surface area contributed by atoms with Gasteiger partial charge in [-0.3, -0.25) is 4.79 Å². The average Bonchev–Trinajstić information content (AvgIpc) is 2.34. The van der Waals surface area contributed by atoms with E-state index in [1.165, 1.54) is 24.3 Å². The van der Waals surface area contributed by atoms with Crippen molar-refractivity contribution in [3.05, 3.63) is 30.1 Å². The van der Waals surface area contributed by atoms with E-state index in [1.54, 1.807) is 0 Å². The Morgan fingerprint density at radius 2 is 1.94 bits per heavy atom. The molecule has 0 aromatic heterocycles. The van der Waals surface area contributed by atoms with Gasteiger partial charge in [0.2, 0.25) is 0 Å². The second kappa shape index (κ2) is 9.67. The summed E-state index contributed by atoms with van der Waals surface area (Å²) in [6.45, 7) is 4.12. The van der Waals surface area contributed by atoms with Crippen LogP contribution in [-0.4, -0.2) is 32.1 Å². The van der Waals surface area contributed by atoms with E-state index in [0.717, 1.165) is 13.1 Å².